The summed E-state index contributed by atoms with van der Waals surface area (Å²) in [5.74, 6) is 0.216. The zero-order valence-corrected chi connectivity index (χ0v) is 15.5. The molecule has 4 rings (SSSR count). The first-order valence-corrected chi connectivity index (χ1v) is 9.00. The van der Waals surface area contributed by atoms with Crippen LogP contribution in [0.3, 0.4) is 0 Å². The van der Waals surface area contributed by atoms with Crippen LogP contribution in [-0.4, -0.2) is 30.9 Å². The van der Waals surface area contributed by atoms with Crippen LogP contribution in [0.2, 0.25) is 5.15 Å². The van der Waals surface area contributed by atoms with E-state index in [9.17, 15) is 23.1 Å². The fourth-order valence-corrected chi connectivity index (χ4v) is 3.69. The second-order valence-electron chi connectivity index (χ2n) is 6.97. The molecule has 6 nitrogen and oxygen atoms in total. The fourth-order valence-electron chi connectivity index (χ4n) is 3.48. The van der Waals surface area contributed by atoms with Crippen molar-refractivity contribution in [2.24, 2.45) is 5.92 Å². The Hall–Kier alpha value is -2.39. The van der Waals surface area contributed by atoms with E-state index in [2.05, 4.69) is 10.1 Å². The summed E-state index contributed by atoms with van der Waals surface area (Å²) in [4.78, 5) is 17.2. The van der Waals surface area contributed by atoms with Crippen LogP contribution >= 0.6 is 11.6 Å². The number of fused-ring (bicyclic) bond motifs is 1. The SMILES string of the molecule is Cc1ccc2nc(Cn3nc(C(F)(F)F)cc3Cl)cc(=O)n2c1C1C[C@H]1CO. The second kappa shape index (κ2) is 6.59. The maximum Gasteiger partial charge on any atom is 0.435 e. The van der Waals surface area contributed by atoms with E-state index in [0.29, 0.717) is 5.65 Å². The predicted molar refractivity (Wildman–Crippen MR) is 95.5 cm³/mol. The Kier molecular flexibility index (Phi) is 4.46. The van der Waals surface area contributed by atoms with Gasteiger partial charge in [-0.05, 0) is 30.9 Å². The summed E-state index contributed by atoms with van der Waals surface area (Å²) in [7, 11) is 0. The van der Waals surface area contributed by atoms with E-state index in [-0.39, 0.29) is 41.4 Å². The van der Waals surface area contributed by atoms with Gasteiger partial charge in [-0.25, -0.2) is 9.67 Å². The van der Waals surface area contributed by atoms with Crippen LogP contribution in [0, 0.1) is 12.8 Å². The number of aliphatic hydroxyl groups excluding tert-OH is 1. The minimum absolute atomic E-state index is 0.0556. The zero-order chi connectivity index (χ0) is 20.2. The van der Waals surface area contributed by atoms with Gasteiger partial charge in [0.25, 0.3) is 5.56 Å². The number of aryl methyl sites for hydroxylation is 1. The highest BCUT2D eigenvalue weighted by molar-refractivity contribution is 6.29. The Morgan fingerprint density at radius 3 is 2.68 bits per heavy atom. The van der Waals surface area contributed by atoms with Gasteiger partial charge in [0.1, 0.15) is 10.8 Å². The van der Waals surface area contributed by atoms with Gasteiger partial charge in [0.2, 0.25) is 0 Å². The summed E-state index contributed by atoms with van der Waals surface area (Å²) in [6, 6.07) is 5.54. The zero-order valence-electron chi connectivity index (χ0n) is 14.7. The largest absolute Gasteiger partial charge is 0.435 e. The number of halogens is 4. The molecule has 28 heavy (non-hydrogen) atoms. The molecule has 1 N–H and O–H groups in total. The average molecular weight is 413 g/mol. The molecular formula is C18H16ClF3N4O2. The smallest absolute Gasteiger partial charge is 0.396 e. The molecule has 0 spiro atoms. The summed E-state index contributed by atoms with van der Waals surface area (Å²) < 4.78 is 40.9. The number of nitrogens with zero attached hydrogens (tertiary/aromatic N) is 4. The second-order valence-corrected chi connectivity index (χ2v) is 7.36. The van der Waals surface area contributed by atoms with Crippen molar-refractivity contribution in [2.45, 2.75) is 32.0 Å². The third-order valence-corrected chi connectivity index (χ3v) is 5.27. The van der Waals surface area contributed by atoms with Crippen LogP contribution in [0.4, 0.5) is 13.2 Å². The van der Waals surface area contributed by atoms with Gasteiger partial charge in [0, 0.05) is 30.4 Å². The van der Waals surface area contributed by atoms with Crippen molar-refractivity contribution in [3.05, 3.63) is 62.4 Å². The van der Waals surface area contributed by atoms with E-state index in [4.69, 9.17) is 11.6 Å². The lowest BCUT2D eigenvalue weighted by molar-refractivity contribution is -0.141. The molecule has 1 fully saturated rings. The first kappa shape index (κ1) is 18.9. The molecule has 0 aromatic carbocycles. The van der Waals surface area contributed by atoms with Crippen molar-refractivity contribution >= 4 is 17.2 Å². The number of rotatable bonds is 4. The summed E-state index contributed by atoms with van der Waals surface area (Å²) in [6.07, 6.45) is -3.81. The van der Waals surface area contributed by atoms with Gasteiger partial charge in [0.05, 0.1) is 12.2 Å². The number of pyridine rings is 1. The molecule has 1 aliphatic carbocycles. The molecule has 3 aromatic heterocycles. The molecule has 1 saturated carbocycles. The topological polar surface area (TPSA) is 72.4 Å². The monoisotopic (exact) mass is 412 g/mol. The molecule has 0 amide bonds. The minimum atomic E-state index is -4.61. The van der Waals surface area contributed by atoms with Gasteiger partial charge in [-0.2, -0.15) is 18.3 Å². The highest BCUT2D eigenvalue weighted by Crippen LogP contribution is 2.47. The Labute approximate surface area is 162 Å². The maximum atomic E-state index is 12.8. The van der Waals surface area contributed by atoms with Gasteiger partial charge in [-0.3, -0.25) is 9.20 Å². The Morgan fingerprint density at radius 1 is 1.32 bits per heavy atom. The quantitative estimate of drug-likeness (QED) is 0.715. The summed E-state index contributed by atoms with van der Waals surface area (Å²) in [6.45, 7) is 1.79. The Morgan fingerprint density at radius 2 is 2.07 bits per heavy atom. The van der Waals surface area contributed by atoms with Crippen molar-refractivity contribution in [1.82, 2.24) is 19.2 Å². The third kappa shape index (κ3) is 3.29. The molecular weight excluding hydrogens is 397 g/mol. The first-order valence-electron chi connectivity index (χ1n) is 8.62. The lowest BCUT2D eigenvalue weighted by Crippen LogP contribution is -2.21. The van der Waals surface area contributed by atoms with Gasteiger partial charge < -0.3 is 5.11 Å². The minimum Gasteiger partial charge on any atom is -0.396 e. The van der Waals surface area contributed by atoms with Crippen molar-refractivity contribution in [3.8, 4) is 0 Å². The Bertz CT molecular complexity index is 1120. The lowest BCUT2D eigenvalue weighted by Gasteiger charge is -2.12. The van der Waals surface area contributed by atoms with E-state index in [1.807, 2.05) is 13.0 Å². The van der Waals surface area contributed by atoms with Gasteiger partial charge in [0.15, 0.2) is 5.69 Å². The normalized spacial score (nSPS) is 19.4. The first-order chi connectivity index (χ1) is 13.2. The molecule has 148 valence electrons. The predicted octanol–water partition coefficient (Wildman–Crippen LogP) is 3.02. The van der Waals surface area contributed by atoms with Crippen molar-refractivity contribution in [2.75, 3.05) is 6.61 Å². The molecule has 3 heterocycles. The molecule has 3 aromatic rings. The number of hydrogen-bond acceptors (Lipinski definition) is 4. The molecule has 0 radical (unpaired) electrons. The van der Waals surface area contributed by atoms with Crippen LogP contribution < -0.4 is 5.56 Å². The summed E-state index contributed by atoms with van der Waals surface area (Å²) >= 11 is 5.85. The number of hydrogen-bond donors (Lipinski definition) is 1. The molecule has 1 unspecified atom stereocenters. The van der Waals surface area contributed by atoms with E-state index in [1.54, 1.807) is 6.07 Å². The van der Waals surface area contributed by atoms with Gasteiger partial charge in [-0.15, -0.1) is 0 Å². The standard InChI is InChI=1S/C18H16ClF3N4O2/c1-9-2-3-15-23-11(7-25-14(19)6-13(24-25)18(20,21)22)5-16(28)26(15)17(9)12-4-10(12)8-27/h2-3,5-6,10,12,27H,4,7-8H2,1H3/t10-,12?/m0/s1. The van der Waals surface area contributed by atoms with Crippen molar-refractivity contribution in [1.29, 1.82) is 0 Å². The number of alkyl halides is 3. The summed E-state index contributed by atoms with van der Waals surface area (Å²) in [5.41, 5.74) is 0.962. The third-order valence-electron chi connectivity index (χ3n) is 4.97. The molecule has 0 bridgehead atoms. The fraction of sp³-hybridized carbons (Fsp3) is 0.389. The van der Waals surface area contributed by atoms with Crippen molar-refractivity contribution < 1.29 is 18.3 Å². The van der Waals surface area contributed by atoms with Crippen LogP contribution in [0.15, 0.2) is 29.1 Å². The van der Waals surface area contributed by atoms with E-state index < -0.39 is 11.9 Å². The van der Waals surface area contributed by atoms with E-state index in [0.717, 1.165) is 28.4 Å². The molecule has 0 saturated heterocycles. The van der Waals surface area contributed by atoms with Crippen LogP contribution in [0.5, 0.6) is 0 Å². The number of aromatic nitrogens is 4. The highest BCUT2D eigenvalue weighted by Gasteiger charge is 2.40. The molecule has 2 atom stereocenters. The van der Waals surface area contributed by atoms with E-state index >= 15 is 0 Å². The highest BCUT2D eigenvalue weighted by atomic mass is 35.5. The lowest BCUT2D eigenvalue weighted by atomic mass is 10.1. The van der Waals surface area contributed by atoms with Crippen LogP contribution in [-0.2, 0) is 12.7 Å². The van der Waals surface area contributed by atoms with Gasteiger partial charge >= 0.3 is 6.18 Å². The van der Waals surface area contributed by atoms with Crippen molar-refractivity contribution in [3.63, 3.8) is 0 Å². The van der Waals surface area contributed by atoms with Crippen LogP contribution in [0.25, 0.3) is 5.65 Å². The molecule has 1 aliphatic rings. The molecule has 10 heteroatoms. The maximum absolute atomic E-state index is 12.8. The van der Waals surface area contributed by atoms with Crippen LogP contribution in [0.1, 0.15) is 35.0 Å². The number of aliphatic hydroxyl groups is 1. The average Bonchev–Trinajstić information content (AvgIpc) is 3.30. The van der Waals surface area contributed by atoms with E-state index in [1.165, 1.54) is 10.5 Å². The summed E-state index contributed by atoms with van der Waals surface area (Å²) in [5, 5.41) is 12.6. The Balaban J connectivity index is 1.74. The van der Waals surface area contributed by atoms with Gasteiger partial charge in [-0.1, -0.05) is 17.7 Å². The molecule has 0 aliphatic heterocycles.